The van der Waals surface area contributed by atoms with Gasteiger partial charge in [0.25, 0.3) is 0 Å². The first-order valence-corrected chi connectivity index (χ1v) is 40.2. The van der Waals surface area contributed by atoms with Gasteiger partial charge >= 0.3 is 0 Å². The van der Waals surface area contributed by atoms with E-state index in [0.717, 1.165) is 59.6 Å². The zero-order chi connectivity index (χ0) is 86.7. The molecule has 20 rings (SSSR count). The fraction of sp³-hybridized carbons (Fsp3) is 0.0182. The summed E-state index contributed by atoms with van der Waals surface area (Å²) in [4.78, 5) is 13.7. The molecule has 0 aliphatic carbocycles. The minimum absolute atomic E-state index is 0.0280. The quantitative estimate of drug-likeness (QED) is 0.0545. The van der Waals surface area contributed by atoms with Gasteiger partial charge in [-0.1, -0.05) is 206 Å². The van der Waals surface area contributed by atoms with Crippen molar-refractivity contribution in [2.24, 2.45) is 0 Å². The fourth-order valence-corrected chi connectivity index (χ4v) is 17.3. The summed E-state index contributed by atoms with van der Waals surface area (Å²) in [6, 6.07) is 103. The van der Waals surface area contributed by atoms with Crippen LogP contribution in [-0.2, 0) is 0 Å². The van der Waals surface area contributed by atoms with E-state index in [9.17, 15) is 10.5 Å². The summed E-state index contributed by atoms with van der Waals surface area (Å²) in [7, 11) is 0. The van der Waals surface area contributed by atoms with Crippen molar-refractivity contribution in [2.75, 3.05) is 19.6 Å². The van der Waals surface area contributed by atoms with Crippen molar-refractivity contribution in [3.8, 4) is 56.6 Å². The zero-order valence-electron chi connectivity index (χ0n) is 67.1. The van der Waals surface area contributed by atoms with Crippen LogP contribution in [0.1, 0.15) is 22.3 Å². The molecule has 0 spiro atoms. The minimum Gasteiger partial charge on any atom is -0.307 e. The molecular formula is C110H64F8N8. The van der Waals surface area contributed by atoms with Crippen molar-refractivity contribution < 1.29 is 35.1 Å². The van der Waals surface area contributed by atoms with Crippen molar-refractivity contribution >= 4 is 144 Å². The van der Waals surface area contributed by atoms with Crippen molar-refractivity contribution in [3.63, 3.8) is 0 Å². The van der Waals surface area contributed by atoms with Gasteiger partial charge < -0.3 is 19.6 Å². The van der Waals surface area contributed by atoms with E-state index < -0.39 is 46.5 Å². The predicted octanol–water partition coefficient (Wildman–Crippen LogP) is 32.3. The van der Waals surface area contributed by atoms with Crippen LogP contribution < -0.4 is 19.6 Å². The molecule has 0 atom stereocenters. The van der Waals surface area contributed by atoms with E-state index in [0.29, 0.717) is 106 Å². The van der Waals surface area contributed by atoms with Crippen LogP contribution >= 0.6 is 0 Å². The molecule has 0 fully saturated rings. The zero-order valence-corrected chi connectivity index (χ0v) is 67.1. The molecule has 0 N–H and O–H groups in total. The Labute approximate surface area is 719 Å². The smallest absolute Gasteiger partial charge is 0.187 e. The Kier molecular flexibility index (Phi) is 20.4. The van der Waals surface area contributed by atoms with Crippen molar-refractivity contribution in [3.05, 3.63) is 443 Å². The number of nitriles is 2. The van der Waals surface area contributed by atoms with Crippen LogP contribution in [0, 0.1) is 96.2 Å². The summed E-state index contributed by atoms with van der Waals surface area (Å²) in [5.41, 5.74) is 10.00. The normalized spacial score (nSPS) is 11.2. The third kappa shape index (κ3) is 14.0. The lowest BCUT2D eigenvalue weighted by atomic mass is 9.91. The van der Waals surface area contributed by atoms with Crippen LogP contribution in [0.2, 0.25) is 0 Å². The molecule has 0 bridgehead atoms. The van der Waals surface area contributed by atoms with E-state index in [4.69, 9.17) is 13.1 Å². The number of halogens is 8. The molecule has 16 heteroatoms. The number of aryl methyl sites for hydroxylation is 2. The van der Waals surface area contributed by atoms with Crippen molar-refractivity contribution in [1.82, 2.24) is 0 Å². The average Bonchev–Trinajstić information content (AvgIpc) is 0.720. The molecule has 0 unspecified atom stereocenters. The lowest BCUT2D eigenvalue weighted by Gasteiger charge is -2.30. The average molecular weight is 1650 g/mol. The summed E-state index contributed by atoms with van der Waals surface area (Å²) in [5, 5.41) is 28.8. The number of benzene rings is 20. The van der Waals surface area contributed by atoms with Gasteiger partial charge in [0, 0.05) is 90.8 Å². The predicted molar refractivity (Wildman–Crippen MR) is 492 cm³/mol. The number of rotatable bonds is 16. The van der Waals surface area contributed by atoms with E-state index >= 15 is 35.1 Å². The van der Waals surface area contributed by atoms with Gasteiger partial charge in [0.05, 0.1) is 81.9 Å². The number of anilines is 12. The highest BCUT2D eigenvalue weighted by molar-refractivity contribution is 6.30. The molecule has 0 aromatic heterocycles. The Bertz CT molecular complexity index is 7430. The van der Waals surface area contributed by atoms with Gasteiger partial charge in [-0.15, -0.1) is 0 Å². The molecule has 0 amide bonds. The summed E-state index contributed by atoms with van der Waals surface area (Å²) in [6.45, 7) is 18.8. The summed E-state index contributed by atoms with van der Waals surface area (Å²) in [6.07, 6.45) is 0. The van der Waals surface area contributed by atoms with E-state index in [1.165, 1.54) is 48.5 Å². The number of nitrogens with zero attached hydrogens (tertiary/aromatic N) is 8. The molecular weight excluding hydrogens is 1590 g/mol. The maximum absolute atomic E-state index is 16.8. The van der Waals surface area contributed by atoms with Crippen LogP contribution in [-0.4, -0.2) is 0 Å². The van der Waals surface area contributed by atoms with Gasteiger partial charge in [-0.25, -0.2) is 44.8 Å². The van der Waals surface area contributed by atoms with Crippen LogP contribution in [0.15, 0.2) is 352 Å². The lowest BCUT2D eigenvalue weighted by molar-refractivity contribution is 0.604. The van der Waals surface area contributed by atoms with Crippen LogP contribution in [0.25, 0.3) is 119 Å². The van der Waals surface area contributed by atoms with Gasteiger partial charge in [-0.3, -0.25) is 0 Å². The second kappa shape index (κ2) is 32.6. The third-order valence-electron chi connectivity index (χ3n) is 23.3. The molecule has 8 nitrogen and oxygen atoms in total. The SMILES string of the molecule is [C-]#[N+]c1ccc(N(c2cc(F)c(-c3ccccc3)cc2F)c2ccc3ccc4c(N(c5ccc(C#N)cc5)c5cc(F)c(-c6ccccc6)cc5F)ccc5ccc2c3c54)cc1.[C-]#[N+]c1ccc(N(c2cc(F)c(-c3ccccc3C)cc2F)c2ccc3ccc4c(N(c5ccc(C#N)cc5)c5cc(F)c(-c6ccccc6C)cc5F)ccc5ccc2c3c54)cc1. The largest absolute Gasteiger partial charge is 0.307 e. The van der Waals surface area contributed by atoms with Gasteiger partial charge in [-0.2, -0.15) is 10.5 Å². The van der Waals surface area contributed by atoms with Crippen molar-refractivity contribution in [2.45, 2.75) is 13.8 Å². The summed E-state index contributed by atoms with van der Waals surface area (Å²) >= 11 is 0. The molecule has 0 aliphatic rings. The van der Waals surface area contributed by atoms with Crippen LogP contribution in [0.5, 0.6) is 0 Å². The van der Waals surface area contributed by atoms with Gasteiger partial charge in [0.15, 0.2) is 11.4 Å². The second-order valence-corrected chi connectivity index (χ2v) is 30.6. The first-order chi connectivity index (χ1) is 61.4. The summed E-state index contributed by atoms with van der Waals surface area (Å²) in [5.74, 6) is -5.05. The number of hydrogen-bond acceptors (Lipinski definition) is 6. The Morgan fingerprint density at radius 1 is 0.238 bits per heavy atom. The maximum Gasteiger partial charge on any atom is 0.187 e. The molecule has 0 saturated carbocycles. The molecule has 0 heterocycles. The Morgan fingerprint density at radius 3 is 0.754 bits per heavy atom. The minimum atomic E-state index is -0.657. The highest BCUT2D eigenvalue weighted by Crippen LogP contribution is 2.53. The van der Waals surface area contributed by atoms with E-state index in [-0.39, 0.29) is 45.0 Å². The van der Waals surface area contributed by atoms with Crippen LogP contribution in [0.4, 0.5) is 115 Å². The Morgan fingerprint density at radius 2 is 0.484 bits per heavy atom. The first-order valence-electron chi connectivity index (χ1n) is 40.2. The molecule has 0 radical (unpaired) electrons. The molecule has 0 saturated heterocycles. The number of hydrogen-bond donors (Lipinski definition) is 0. The van der Waals surface area contributed by atoms with Crippen LogP contribution in [0.3, 0.4) is 0 Å². The molecule has 126 heavy (non-hydrogen) atoms. The summed E-state index contributed by atoms with van der Waals surface area (Å²) < 4.78 is 132. The molecule has 20 aromatic carbocycles. The van der Waals surface area contributed by atoms with Crippen molar-refractivity contribution in [1.29, 1.82) is 10.5 Å². The highest BCUT2D eigenvalue weighted by atomic mass is 19.2. The Balaban J connectivity index is 0.000000165. The molecule has 0 aliphatic heterocycles. The first kappa shape index (κ1) is 78.9. The standard InChI is InChI=1S/C56H34F4N4.C54H30F4N4/c1-33-8-4-6-10-41(33)45-28-49(59)53(30-47(45)57)63(39-20-12-35(32-61)13-21-39)51-26-16-36-15-25-44-52(27-17-37-14-24-43(51)55(36)56(37)44)64(40-22-18-38(62-3)19-23-40)54-31-48(58)46(29-50(54)60)42-11-7-5-9-34(42)2;1-60-38-18-22-40(23-19-38)62(52-31-46(56)44(29-48(52)58)35-10-6-3-7-11-35)50-27-17-37-14-24-41-49(26-16-36-15-25-42(50)54(37)53(36)41)61(39-20-12-33(32-59)13-21-39)51-30-45(55)43(28-47(51)57)34-8-4-2-5-9-34/h4-31H,1-2H3;2-31H. The maximum atomic E-state index is 16.8. The Hall–Kier alpha value is -16.9. The second-order valence-electron chi connectivity index (χ2n) is 30.6. The van der Waals surface area contributed by atoms with Gasteiger partial charge in [0.2, 0.25) is 0 Å². The van der Waals surface area contributed by atoms with E-state index in [2.05, 4.69) is 21.8 Å². The monoisotopic (exact) mass is 1650 g/mol. The van der Waals surface area contributed by atoms with E-state index in [1.54, 1.807) is 189 Å². The van der Waals surface area contributed by atoms with Gasteiger partial charge in [0.1, 0.15) is 46.5 Å². The fourth-order valence-electron chi connectivity index (χ4n) is 17.3. The van der Waals surface area contributed by atoms with Gasteiger partial charge in [-0.05, 0) is 212 Å². The van der Waals surface area contributed by atoms with E-state index in [1.807, 2.05) is 147 Å². The molecule has 600 valence electrons. The topological polar surface area (TPSA) is 69.3 Å². The third-order valence-corrected chi connectivity index (χ3v) is 23.3. The highest BCUT2D eigenvalue weighted by Gasteiger charge is 2.31. The molecule has 20 aromatic rings. The lowest BCUT2D eigenvalue weighted by Crippen LogP contribution is -2.14.